The van der Waals surface area contributed by atoms with Gasteiger partial charge in [-0.05, 0) is 31.0 Å². The average Bonchev–Trinajstić information content (AvgIpc) is 2.82. The van der Waals surface area contributed by atoms with E-state index in [0.29, 0.717) is 5.69 Å². The van der Waals surface area contributed by atoms with Crippen LogP contribution in [0.5, 0.6) is 0 Å². The Bertz CT molecular complexity index is 418. The Morgan fingerprint density at radius 3 is 2.65 bits per heavy atom. The summed E-state index contributed by atoms with van der Waals surface area (Å²) in [5, 5.41) is 2.65. The van der Waals surface area contributed by atoms with E-state index in [1.807, 2.05) is 0 Å². The van der Waals surface area contributed by atoms with Gasteiger partial charge in [-0.3, -0.25) is 5.84 Å². The van der Waals surface area contributed by atoms with Gasteiger partial charge < -0.3 is 15.6 Å². The maximum Gasteiger partial charge on any atom is 0.321 e. The van der Waals surface area contributed by atoms with Crippen molar-refractivity contribution < 1.29 is 9.18 Å². The molecule has 1 fully saturated rings. The number of benzene rings is 1. The second-order valence-corrected chi connectivity index (χ2v) is 3.96. The highest BCUT2D eigenvalue weighted by molar-refractivity contribution is 5.89. The van der Waals surface area contributed by atoms with Gasteiger partial charge in [0.15, 0.2) is 0 Å². The van der Waals surface area contributed by atoms with Crippen molar-refractivity contribution in [3.63, 3.8) is 0 Å². The smallest absolute Gasteiger partial charge is 0.321 e. The molecule has 0 saturated carbocycles. The van der Waals surface area contributed by atoms with Crippen molar-refractivity contribution in [2.45, 2.75) is 12.8 Å². The molecule has 1 aliphatic heterocycles. The van der Waals surface area contributed by atoms with Crippen LogP contribution in [0.2, 0.25) is 0 Å². The number of hydrogen-bond acceptors (Lipinski definition) is 3. The average molecular weight is 238 g/mol. The molecule has 1 saturated heterocycles. The third-order valence-electron chi connectivity index (χ3n) is 2.77. The molecule has 1 aromatic carbocycles. The zero-order chi connectivity index (χ0) is 12.3. The molecule has 0 atom stereocenters. The van der Waals surface area contributed by atoms with Crippen molar-refractivity contribution in [1.82, 2.24) is 4.90 Å². The standard InChI is InChI=1S/C11H15FN4O/c12-9-7-8(3-4-10(9)15-13)14-11(17)16-5-1-2-6-16/h3-4,7,15H,1-2,5-6,13H2,(H,14,17). The lowest BCUT2D eigenvalue weighted by molar-refractivity contribution is 0.222. The number of hydrogen-bond donors (Lipinski definition) is 3. The second-order valence-electron chi connectivity index (χ2n) is 3.96. The van der Waals surface area contributed by atoms with Crippen LogP contribution in [0, 0.1) is 5.82 Å². The summed E-state index contributed by atoms with van der Waals surface area (Å²) < 4.78 is 13.4. The first-order valence-electron chi connectivity index (χ1n) is 5.53. The molecule has 2 amide bonds. The summed E-state index contributed by atoms with van der Waals surface area (Å²) in [5.74, 6) is 4.62. The van der Waals surface area contributed by atoms with E-state index in [0.717, 1.165) is 25.9 Å². The number of carbonyl (C=O) groups excluding carboxylic acids is 1. The third kappa shape index (κ3) is 2.65. The number of nitrogen functional groups attached to an aromatic ring is 1. The van der Waals surface area contributed by atoms with E-state index in [4.69, 9.17) is 5.84 Å². The second kappa shape index (κ2) is 5.01. The fourth-order valence-corrected chi connectivity index (χ4v) is 1.83. The first-order valence-corrected chi connectivity index (χ1v) is 5.53. The van der Waals surface area contributed by atoms with E-state index in [9.17, 15) is 9.18 Å². The molecule has 0 radical (unpaired) electrons. The van der Waals surface area contributed by atoms with E-state index >= 15 is 0 Å². The molecule has 0 bridgehead atoms. The Kier molecular flexibility index (Phi) is 3.43. The fraction of sp³-hybridized carbons (Fsp3) is 0.364. The van der Waals surface area contributed by atoms with E-state index in [-0.39, 0.29) is 11.7 Å². The number of urea groups is 1. The SMILES string of the molecule is NNc1ccc(NC(=O)N2CCCC2)cc1F. The topological polar surface area (TPSA) is 70.4 Å². The van der Waals surface area contributed by atoms with Crippen LogP contribution in [0.25, 0.3) is 0 Å². The number of carbonyl (C=O) groups is 1. The molecule has 6 heteroatoms. The predicted octanol–water partition coefficient (Wildman–Crippen LogP) is 1.74. The zero-order valence-electron chi connectivity index (χ0n) is 9.37. The highest BCUT2D eigenvalue weighted by Crippen LogP contribution is 2.19. The lowest BCUT2D eigenvalue weighted by Crippen LogP contribution is -2.32. The van der Waals surface area contributed by atoms with Gasteiger partial charge in [0.1, 0.15) is 5.82 Å². The summed E-state index contributed by atoms with van der Waals surface area (Å²) in [4.78, 5) is 13.4. The Morgan fingerprint density at radius 2 is 2.06 bits per heavy atom. The van der Waals surface area contributed by atoms with Crippen LogP contribution in [0.4, 0.5) is 20.6 Å². The molecule has 17 heavy (non-hydrogen) atoms. The first kappa shape index (κ1) is 11.7. The van der Waals surface area contributed by atoms with Gasteiger partial charge in [-0.2, -0.15) is 0 Å². The van der Waals surface area contributed by atoms with Gasteiger partial charge >= 0.3 is 6.03 Å². The Balaban J connectivity index is 2.03. The van der Waals surface area contributed by atoms with Crippen LogP contribution >= 0.6 is 0 Å². The summed E-state index contributed by atoms with van der Waals surface area (Å²) in [6, 6.07) is 4.14. The monoisotopic (exact) mass is 238 g/mol. The van der Waals surface area contributed by atoms with Crippen LogP contribution in [0.3, 0.4) is 0 Å². The summed E-state index contributed by atoms with van der Waals surface area (Å²) in [7, 11) is 0. The molecule has 4 N–H and O–H groups in total. The molecule has 1 aromatic rings. The summed E-state index contributed by atoms with van der Waals surface area (Å²) in [5.41, 5.74) is 2.86. The molecule has 1 heterocycles. The highest BCUT2D eigenvalue weighted by atomic mass is 19.1. The van der Waals surface area contributed by atoms with E-state index in [1.54, 1.807) is 11.0 Å². The molecular formula is C11H15FN4O. The van der Waals surface area contributed by atoms with Crippen LogP contribution in [0.1, 0.15) is 12.8 Å². The van der Waals surface area contributed by atoms with E-state index in [2.05, 4.69) is 10.7 Å². The minimum Gasteiger partial charge on any atom is -0.325 e. The number of anilines is 2. The van der Waals surface area contributed by atoms with Crippen molar-refractivity contribution in [2.24, 2.45) is 5.84 Å². The Hall–Kier alpha value is -1.82. The van der Waals surface area contributed by atoms with Gasteiger partial charge in [0.2, 0.25) is 0 Å². The maximum atomic E-state index is 13.4. The van der Waals surface area contributed by atoms with Crippen LogP contribution in [-0.4, -0.2) is 24.0 Å². The highest BCUT2D eigenvalue weighted by Gasteiger charge is 2.17. The third-order valence-corrected chi connectivity index (χ3v) is 2.77. The fourth-order valence-electron chi connectivity index (χ4n) is 1.83. The van der Waals surface area contributed by atoms with Gasteiger partial charge in [0.05, 0.1) is 5.69 Å². The predicted molar refractivity (Wildman–Crippen MR) is 64.0 cm³/mol. The lowest BCUT2D eigenvalue weighted by Gasteiger charge is -2.16. The molecule has 92 valence electrons. The number of rotatable bonds is 2. The Morgan fingerprint density at radius 1 is 1.35 bits per heavy atom. The van der Waals surface area contributed by atoms with Crippen molar-refractivity contribution in [1.29, 1.82) is 0 Å². The number of hydrazine groups is 1. The quantitative estimate of drug-likeness (QED) is 0.543. The molecule has 0 unspecified atom stereocenters. The van der Waals surface area contributed by atoms with Crippen molar-refractivity contribution in [3.8, 4) is 0 Å². The largest absolute Gasteiger partial charge is 0.325 e. The number of likely N-dealkylation sites (tertiary alicyclic amines) is 1. The number of amides is 2. The molecule has 5 nitrogen and oxygen atoms in total. The van der Waals surface area contributed by atoms with Crippen molar-refractivity contribution in [3.05, 3.63) is 24.0 Å². The van der Waals surface area contributed by atoms with Gasteiger partial charge in [0.25, 0.3) is 0 Å². The molecule has 2 rings (SSSR count). The first-order chi connectivity index (χ1) is 8.20. The minimum atomic E-state index is -0.494. The molecular weight excluding hydrogens is 223 g/mol. The number of nitrogens with one attached hydrogen (secondary N) is 2. The summed E-state index contributed by atoms with van der Waals surface area (Å²) in [6.45, 7) is 1.52. The van der Waals surface area contributed by atoms with Crippen molar-refractivity contribution >= 4 is 17.4 Å². The van der Waals surface area contributed by atoms with Gasteiger partial charge in [-0.25, -0.2) is 9.18 Å². The van der Waals surface area contributed by atoms with E-state index in [1.165, 1.54) is 12.1 Å². The Labute approximate surface area is 98.7 Å². The number of nitrogens with zero attached hydrogens (tertiary/aromatic N) is 1. The molecule has 0 spiro atoms. The number of nitrogens with two attached hydrogens (primary N) is 1. The summed E-state index contributed by atoms with van der Waals surface area (Å²) in [6.07, 6.45) is 2.05. The zero-order valence-corrected chi connectivity index (χ0v) is 9.37. The van der Waals surface area contributed by atoms with Gasteiger partial charge in [0, 0.05) is 18.8 Å². The normalized spacial score (nSPS) is 14.8. The molecule has 1 aliphatic rings. The molecule has 0 aliphatic carbocycles. The van der Waals surface area contributed by atoms with Gasteiger partial charge in [-0.1, -0.05) is 0 Å². The molecule has 0 aromatic heterocycles. The lowest BCUT2D eigenvalue weighted by atomic mass is 10.2. The number of halogens is 1. The van der Waals surface area contributed by atoms with E-state index < -0.39 is 5.82 Å². The van der Waals surface area contributed by atoms with Crippen molar-refractivity contribution in [2.75, 3.05) is 23.8 Å². The summed E-state index contributed by atoms with van der Waals surface area (Å²) >= 11 is 0. The van der Waals surface area contributed by atoms with Gasteiger partial charge in [-0.15, -0.1) is 0 Å². The maximum absolute atomic E-state index is 13.4. The van der Waals surface area contributed by atoms with Crippen LogP contribution in [0.15, 0.2) is 18.2 Å². The van der Waals surface area contributed by atoms with Crippen LogP contribution in [-0.2, 0) is 0 Å². The van der Waals surface area contributed by atoms with Crippen LogP contribution < -0.4 is 16.6 Å². The minimum absolute atomic E-state index is 0.185.